The van der Waals surface area contributed by atoms with Gasteiger partial charge in [-0.3, -0.25) is 9.59 Å². The Morgan fingerprint density at radius 3 is 2.17 bits per heavy atom. The van der Waals surface area contributed by atoms with Crippen molar-refractivity contribution in [3.8, 4) is 0 Å². The van der Waals surface area contributed by atoms with Gasteiger partial charge in [-0.25, -0.2) is 4.79 Å². The fourth-order valence-electron chi connectivity index (χ4n) is 4.29. The lowest BCUT2D eigenvalue weighted by Gasteiger charge is -2.37. The van der Waals surface area contributed by atoms with Crippen molar-refractivity contribution in [1.82, 2.24) is 15.5 Å². The van der Waals surface area contributed by atoms with Crippen molar-refractivity contribution in [1.29, 1.82) is 0 Å². The molecule has 2 amide bonds. The summed E-state index contributed by atoms with van der Waals surface area (Å²) in [6.07, 6.45) is 1.16. The van der Waals surface area contributed by atoms with Gasteiger partial charge in [-0.15, -0.1) is 0 Å². The van der Waals surface area contributed by atoms with Crippen LogP contribution in [0, 0.1) is 5.92 Å². The van der Waals surface area contributed by atoms with Gasteiger partial charge >= 0.3 is 5.97 Å². The van der Waals surface area contributed by atoms with Crippen LogP contribution in [0.2, 0.25) is 0 Å². The SMILES string of the molecule is CCOC(=O)C(C)=C[C@H](C(C)C)N(C)C(=O)[C@@H](NC(=O)[C@@H](NC)C(C)(C)c1ccccc1)C(C)OC. The van der Waals surface area contributed by atoms with Crippen molar-refractivity contribution in [3.05, 3.63) is 47.5 Å². The molecule has 0 radical (unpaired) electrons. The van der Waals surface area contributed by atoms with Crippen molar-refractivity contribution in [2.24, 2.45) is 5.92 Å². The van der Waals surface area contributed by atoms with Gasteiger partial charge in [0.2, 0.25) is 11.8 Å². The standard InChI is InChI=1S/C28H45N3O5/c1-11-36-27(34)19(4)17-22(18(2)3)31(9)26(33)23(20(5)35-10)30-25(32)24(29-8)28(6,7)21-15-13-12-14-16-21/h12-18,20,22-24,29H,11H2,1-10H3,(H,30,32)/t20?,22-,23+,24-/m1/s1. The summed E-state index contributed by atoms with van der Waals surface area (Å²) in [5.41, 5.74) is 0.879. The van der Waals surface area contributed by atoms with Crippen molar-refractivity contribution in [2.75, 3.05) is 27.8 Å². The molecule has 0 saturated heterocycles. The number of carbonyl (C=O) groups is 3. The van der Waals surface area contributed by atoms with E-state index in [1.165, 1.54) is 7.11 Å². The molecule has 0 bridgehead atoms. The molecule has 1 aromatic carbocycles. The zero-order chi connectivity index (χ0) is 27.6. The van der Waals surface area contributed by atoms with Crippen LogP contribution in [-0.2, 0) is 29.3 Å². The highest BCUT2D eigenvalue weighted by atomic mass is 16.5. The first kappa shape index (κ1) is 31.3. The minimum absolute atomic E-state index is 0.0135. The maximum Gasteiger partial charge on any atom is 0.333 e. The number of methoxy groups -OCH3 is 1. The zero-order valence-corrected chi connectivity index (χ0v) is 23.5. The molecular weight excluding hydrogens is 458 g/mol. The zero-order valence-electron chi connectivity index (χ0n) is 23.5. The third kappa shape index (κ3) is 7.90. The van der Waals surface area contributed by atoms with Crippen LogP contribution in [-0.4, -0.2) is 74.7 Å². The van der Waals surface area contributed by atoms with Crippen LogP contribution >= 0.6 is 0 Å². The van der Waals surface area contributed by atoms with Gasteiger partial charge in [-0.2, -0.15) is 0 Å². The summed E-state index contributed by atoms with van der Waals surface area (Å²) in [6.45, 7) is 13.4. The van der Waals surface area contributed by atoms with E-state index in [1.807, 2.05) is 58.0 Å². The van der Waals surface area contributed by atoms with E-state index in [9.17, 15) is 14.4 Å². The third-order valence-corrected chi connectivity index (χ3v) is 6.69. The molecule has 0 aliphatic rings. The molecule has 0 fully saturated rings. The molecule has 0 aliphatic carbocycles. The number of carbonyl (C=O) groups excluding carboxylic acids is 3. The van der Waals surface area contributed by atoms with Crippen LogP contribution in [0.1, 0.15) is 54.0 Å². The number of hydrogen-bond acceptors (Lipinski definition) is 6. The summed E-state index contributed by atoms with van der Waals surface area (Å²) >= 11 is 0. The Bertz CT molecular complexity index is 898. The normalized spacial score (nSPS) is 15.6. The van der Waals surface area contributed by atoms with Crippen molar-refractivity contribution in [3.63, 3.8) is 0 Å². The summed E-state index contributed by atoms with van der Waals surface area (Å²) in [5.74, 6) is -1.02. The van der Waals surface area contributed by atoms with Gasteiger partial charge in [0.25, 0.3) is 0 Å². The molecule has 0 saturated carbocycles. The van der Waals surface area contributed by atoms with Gasteiger partial charge in [0.1, 0.15) is 6.04 Å². The Morgan fingerprint density at radius 2 is 1.69 bits per heavy atom. The number of ether oxygens (including phenoxy) is 2. The minimum atomic E-state index is -0.924. The molecule has 4 atom stereocenters. The predicted octanol–water partition coefficient (Wildman–Crippen LogP) is 3.06. The number of esters is 1. The number of nitrogens with one attached hydrogen (secondary N) is 2. The second-order valence-electron chi connectivity index (χ2n) is 9.99. The average molecular weight is 504 g/mol. The van der Waals surface area contributed by atoms with E-state index >= 15 is 0 Å². The van der Waals surface area contributed by atoms with Gasteiger partial charge in [0, 0.05) is 25.1 Å². The highest BCUT2D eigenvalue weighted by Crippen LogP contribution is 2.27. The monoisotopic (exact) mass is 503 g/mol. The molecule has 202 valence electrons. The average Bonchev–Trinajstić information content (AvgIpc) is 2.85. The summed E-state index contributed by atoms with van der Waals surface area (Å²) in [6, 6.07) is 7.87. The minimum Gasteiger partial charge on any atom is -0.463 e. The third-order valence-electron chi connectivity index (χ3n) is 6.69. The molecule has 2 N–H and O–H groups in total. The highest BCUT2D eigenvalue weighted by Gasteiger charge is 2.39. The van der Waals surface area contributed by atoms with E-state index in [-0.39, 0.29) is 30.4 Å². The number of nitrogens with zero attached hydrogens (tertiary/aromatic N) is 1. The fourth-order valence-corrected chi connectivity index (χ4v) is 4.29. The maximum atomic E-state index is 13.7. The van der Waals surface area contributed by atoms with Crippen LogP contribution < -0.4 is 10.6 Å². The lowest BCUT2D eigenvalue weighted by atomic mass is 9.77. The highest BCUT2D eigenvalue weighted by molar-refractivity contribution is 5.91. The maximum absolute atomic E-state index is 13.7. The van der Waals surface area contributed by atoms with E-state index in [2.05, 4.69) is 10.6 Å². The van der Waals surface area contributed by atoms with Crippen LogP contribution in [0.3, 0.4) is 0 Å². The molecule has 0 aliphatic heterocycles. The lowest BCUT2D eigenvalue weighted by Crippen LogP contribution is -2.61. The smallest absolute Gasteiger partial charge is 0.333 e. The Labute approximate surface area is 216 Å². The Balaban J connectivity index is 3.25. The molecule has 0 spiro atoms. The van der Waals surface area contributed by atoms with Crippen LogP contribution in [0.25, 0.3) is 0 Å². The first-order valence-corrected chi connectivity index (χ1v) is 12.5. The van der Waals surface area contributed by atoms with Crippen molar-refractivity contribution < 1.29 is 23.9 Å². The van der Waals surface area contributed by atoms with Gasteiger partial charge < -0.3 is 25.0 Å². The molecule has 1 rings (SSSR count). The van der Waals surface area contributed by atoms with Crippen molar-refractivity contribution in [2.45, 2.75) is 78.1 Å². The van der Waals surface area contributed by atoms with E-state index < -0.39 is 29.6 Å². The topological polar surface area (TPSA) is 97.0 Å². The lowest BCUT2D eigenvalue weighted by molar-refractivity contribution is -0.141. The number of likely N-dealkylation sites (N-methyl/N-ethyl adjacent to an activating group) is 2. The summed E-state index contributed by atoms with van der Waals surface area (Å²) in [7, 11) is 4.91. The summed E-state index contributed by atoms with van der Waals surface area (Å²) in [4.78, 5) is 40.9. The van der Waals surface area contributed by atoms with Gasteiger partial charge in [-0.1, -0.05) is 64.1 Å². The number of rotatable bonds is 13. The molecule has 1 unspecified atom stereocenters. The van der Waals surface area contributed by atoms with Gasteiger partial charge in [-0.05, 0) is 39.3 Å². The van der Waals surface area contributed by atoms with Crippen LogP contribution in [0.5, 0.6) is 0 Å². The van der Waals surface area contributed by atoms with Gasteiger partial charge in [0.15, 0.2) is 0 Å². The predicted molar refractivity (Wildman–Crippen MR) is 143 cm³/mol. The molecule has 0 aromatic heterocycles. The molecule has 8 heteroatoms. The number of hydrogen-bond donors (Lipinski definition) is 2. The summed E-state index contributed by atoms with van der Waals surface area (Å²) in [5, 5.41) is 6.06. The number of amides is 2. The second kappa shape index (κ2) is 14.1. The molecule has 8 nitrogen and oxygen atoms in total. The molecular formula is C28H45N3O5. The van der Waals surface area contributed by atoms with Crippen molar-refractivity contribution >= 4 is 17.8 Å². The Hall–Kier alpha value is -2.71. The Morgan fingerprint density at radius 1 is 1.11 bits per heavy atom. The molecule has 1 aromatic rings. The van der Waals surface area contributed by atoms with E-state index in [4.69, 9.17) is 9.47 Å². The van der Waals surface area contributed by atoms with Crippen LogP contribution in [0.15, 0.2) is 42.0 Å². The Kier molecular flexibility index (Phi) is 12.3. The molecule has 36 heavy (non-hydrogen) atoms. The van der Waals surface area contributed by atoms with E-state index in [1.54, 1.807) is 45.8 Å². The van der Waals surface area contributed by atoms with E-state index in [0.717, 1.165) is 5.56 Å². The second-order valence-corrected chi connectivity index (χ2v) is 9.99. The molecule has 0 heterocycles. The quantitative estimate of drug-likeness (QED) is 0.317. The first-order chi connectivity index (χ1) is 16.8. The van der Waals surface area contributed by atoms with E-state index in [0.29, 0.717) is 5.57 Å². The van der Waals surface area contributed by atoms with Gasteiger partial charge in [0.05, 0.1) is 24.8 Å². The number of benzene rings is 1. The largest absolute Gasteiger partial charge is 0.463 e. The first-order valence-electron chi connectivity index (χ1n) is 12.5. The van der Waals surface area contributed by atoms with Crippen LogP contribution in [0.4, 0.5) is 0 Å². The summed E-state index contributed by atoms with van der Waals surface area (Å²) < 4.78 is 10.6. The fraction of sp³-hybridized carbons (Fsp3) is 0.607.